The van der Waals surface area contributed by atoms with Crippen LogP contribution in [0.15, 0.2) is 6.20 Å². The maximum Gasteiger partial charge on any atom is 0.220 e. The highest BCUT2D eigenvalue weighted by Gasteiger charge is 2.25. The van der Waals surface area contributed by atoms with Crippen LogP contribution < -0.4 is 5.73 Å². The Hall–Kier alpha value is -2.02. The van der Waals surface area contributed by atoms with Gasteiger partial charge in [-0.2, -0.15) is 0 Å². The van der Waals surface area contributed by atoms with Crippen molar-refractivity contribution in [2.75, 3.05) is 18.9 Å². The van der Waals surface area contributed by atoms with Gasteiger partial charge in [-0.3, -0.25) is 0 Å². The zero-order valence-corrected chi connectivity index (χ0v) is 11.2. The van der Waals surface area contributed by atoms with Crippen LogP contribution in [0.4, 0.5) is 10.3 Å². The molecule has 0 bridgehead atoms. The summed E-state index contributed by atoms with van der Waals surface area (Å²) in [6.07, 6.45) is 2.85. The highest BCUT2D eigenvalue weighted by molar-refractivity contribution is 5.60. The average Bonchev–Trinajstić information content (AvgIpc) is 2.84. The van der Waals surface area contributed by atoms with E-state index in [1.54, 1.807) is 0 Å². The van der Waals surface area contributed by atoms with Gasteiger partial charge in [0, 0.05) is 24.8 Å². The molecule has 0 aliphatic carbocycles. The Bertz CT molecular complexity index is 621. The van der Waals surface area contributed by atoms with Gasteiger partial charge >= 0.3 is 0 Å². The molecule has 1 aliphatic rings. The molecule has 0 spiro atoms. The van der Waals surface area contributed by atoms with Crippen LogP contribution in [-0.2, 0) is 4.74 Å². The van der Waals surface area contributed by atoms with Crippen LogP contribution in [-0.4, -0.2) is 33.1 Å². The van der Waals surface area contributed by atoms with Crippen LogP contribution in [0.2, 0.25) is 0 Å². The quantitative estimate of drug-likeness (QED) is 0.873. The van der Waals surface area contributed by atoms with Crippen molar-refractivity contribution in [3.05, 3.63) is 23.5 Å². The van der Waals surface area contributed by atoms with E-state index in [0.29, 0.717) is 18.9 Å². The Morgan fingerprint density at radius 1 is 1.30 bits per heavy atom. The minimum atomic E-state index is -0.515. The molecule has 1 aliphatic heterocycles. The lowest BCUT2D eigenvalue weighted by atomic mass is 9.94. The maximum atomic E-state index is 14.0. The van der Waals surface area contributed by atoms with Gasteiger partial charge in [-0.05, 0) is 19.8 Å². The first-order valence-corrected chi connectivity index (χ1v) is 6.58. The summed E-state index contributed by atoms with van der Waals surface area (Å²) in [6, 6.07) is 0. The third kappa shape index (κ3) is 2.36. The molecule has 6 nitrogen and oxygen atoms in total. The molecule has 0 aromatic carbocycles. The van der Waals surface area contributed by atoms with Crippen molar-refractivity contribution in [2.45, 2.75) is 25.7 Å². The number of ether oxygens (including phenoxy) is 1. The lowest BCUT2D eigenvalue weighted by Crippen LogP contribution is -2.15. The first-order chi connectivity index (χ1) is 9.65. The first-order valence-electron chi connectivity index (χ1n) is 6.58. The molecule has 0 saturated carbocycles. The van der Waals surface area contributed by atoms with Crippen molar-refractivity contribution >= 4 is 5.95 Å². The number of nitrogens with zero attached hydrogens (tertiary/aromatic N) is 3. The van der Waals surface area contributed by atoms with Crippen molar-refractivity contribution in [2.24, 2.45) is 0 Å². The van der Waals surface area contributed by atoms with E-state index in [1.807, 2.05) is 6.92 Å². The normalized spacial score (nSPS) is 16.5. The van der Waals surface area contributed by atoms with Gasteiger partial charge < -0.3 is 15.5 Å². The van der Waals surface area contributed by atoms with Crippen molar-refractivity contribution in [1.29, 1.82) is 0 Å². The van der Waals surface area contributed by atoms with E-state index >= 15 is 0 Å². The number of hydrogen-bond donors (Lipinski definition) is 2. The van der Waals surface area contributed by atoms with E-state index in [9.17, 15) is 4.39 Å². The summed E-state index contributed by atoms with van der Waals surface area (Å²) in [4.78, 5) is 15.2. The van der Waals surface area contributed by atoms with E-state index < -0.39 is 5.82 Å². The Morgan fingerprint density at radius 3 is 2.80 bits per heavy atom. The molecule has 1 fully saturated rings. The van der Waals surface area contributed by atoms with Gasteiger partial charge in [0.25, 0.3) is 0 Å². The summed E-state index contributed by atoms with van der Waals surface area (Å²) >= 11 is 0. The van der Waals surface area contributed by atoms with E-state index in [-0.39, 0.29) is 17.6 Å². The van der Waals surface area contributed by atoms with Gasteiger partial charge in [-0.1, -0.05) is 0 Å². The minimum Gasteiger partial charge on any atom is -0.381 e. The number of aromatic amines is 1. The lowest BCUT2D eigenvalue weighted by molar-refractivity contribution is 0.0847. The van der Waals surface area contributed by atoms with Gasteiger partial charge in [0.2, 0.25) is 5.95 Å². The molecule has 0 amide bonds. The fourth-order valence-electron chi connectivity index (χ4n) is 2.52. The summed E-state index contributed by atoms with van der Waals surface area (Å²) in [5.41, 5.74) is 7.14. The number of halogens is 1. The number of aryl methyl sites for hydroxylation is 1. The molecular formula is C13H16FN5O. The summed E-state index contributed by atoms with van der Waals surface area (Å²) in [5.74, 6) is 0.535. The zero-order valence-electron chi connectivity index (χ0n) is 11.2. The second-order valence-corrected chi connectivity index (χ2v) is 4.90. The standard InChI is InChI=1S/C13H16FN5O/c1-7-17-10(8-2-4-20-5-3-8)12(18-7)11-9(14)6-16-13(15)19-11/h6,8H,2-5H2,1H3,(H,17,18)(H2,15,16,19). The number of nitrogen functional groups attached to an aromatic ring is 1. The van der Waals surface area contributed by atoms with Gasteiger partial charge in [0.05, 0.1) is 6.20 Å². The van der Waals surface area contributed by atoms with Crippen LogP contribution in [0, 0.1) is 12.7 Å². The Morgan fingerprint density at radius 2 is 2.05 bits per heavy atom. The zero-order chi connectivity index (χ0) is 14.1. The number of rotatable bonds is 2. The lowest BCUT2D eigenvalue weighted by Gasteiger charge is -2.21. The van der Waals surface area contributed by atoms with Crippen molar-refractivity contribution in [3.63, 3.8) is 0 Å². The summed E-state index contributed by atoms with van der Waals surface area (Å²) in [6.45, 7) is 3.25. The molecule has 7 heteroatoms. The monoisotopic (exact) mass is 277 g/mol. The molecule has 2 aromatic rings. The van der Waals surface area contributed by atoms with Gasteiger partial charge in [-0.25, -0.2) is 19.3 Å². The summed E-state index contributed by atoms with van der Waals surface area (Å²) in [7, 11) is 0. The van der Waals surface area contributed by atoms with Crippen molar-refractivity contribution < 1.29 is 9.13 Å². The van der Waals surface area contributed by atoms with E-state index in [4.69, 9.17) is 10.5 Å². The molecule has 3 rings (SSSR count). The smallest absolute Gasteiger partial charge is 0.220 e. The van der Waals surface area contributed by atoms with Crippen LogP contribution in [0.3, 0.4) is 0 Å². The number of anilines is 1. The Balaban J connectivity index is 2.06. The molecule has 2 aromatic heterocycles. The van der Waals surface area contributed by atoms with Gasteiger partial charge in [-0.15, -0.1) is 0 Å². The minimum absolute atomic E-state index is 0.0416. The molecule has 20 heavy (non-hydrogen) atoms. The maximum absolute atomic E-state index is 14.0. The van der Waals surface area contributed by atoms with Gasteiger partial charge in [0.15, 0.2) is 5.82 Å². The predicted octanol–water partition coefficient (Wildman–Crippen LogP) is 1.79. The summed E-state index contributed by atoms with van der Waals surface area (Å²) < 4.78 is 19.3. The third-order valence-electron chi connectivity index (χ3n) is 3.47. The number of imidazole rings is 1. The molecule has 106 valence electrons. The van der Waals surface area contributed by atoms with Crippen LogP contribution in [0.1, 0.15) is 30.3 Å². The first kappa shape index (κ1) is 13.0. The molecule has 0 unspecified atom stereocenters. The molecule has 0 atom stereocenters. The van der Waals surface area contributed by atoms with Crippen LogP contribution in [0.5, 0.6) is 0 Å². The Kier molecular flexibility index (Phi) is 3.35. The van der Waals surface area contributed by atoms with E-state index in [1.165, 1.54) is 0 Å². The van der Waals surface area contributed by atoms with Crippen molar-refractivity contribution in [3.8, 4) is 11.4 Å². The highest BCUT2D eigenvalue weighted by atomic mass is 19.1. The molecular weight excluding hydrogens is 261 g/mol. The fraction of sp³-hybridized carbons (Fsp3) is 0.462. The van der Waals surface area contributed by atoms with Gasteiger partial charge in [0.1, 0.15) is 17.2 Å². The summed E-state index contributed by atoms with van der Waals surface area (Å²) in [5, 5.41) is 0. The molecule has 3 heterocycles. The number of nitrogens with two attached hydrogens (primary N) is 1. The topological polar surface area (TPSA) is 89.7 Å². The molecule has 1 saturated heterocycles. The Labute approximate surface area is 115 Å². The highest BCUT2D eigenvalue weighted by Crippen LogP contribution is 2.33. The number of nitrogens with one attached hydrogen (secondary N) is 1. The van der Waals surface area contributed by atoms with Crippen molar-refractivity contribution in [1.82, 2.24) is 19.9 Å². The number of hydrogen-bond acceptors (Lipinski definition) is 5. The van der Waals surface area contributed by atoms with E-state index in [0.717, 1.165) is 30.6 Å². The van der Waals surface area contributed by atoms with Crippen LogP contribution >= 0.6 is 0 Å². The second kappa shape index (κ2) is 5.16. The molecule has 0 radical (unpaired) electrons. The fourth-order valence-corrected chi connectivity index (χ4v) is 2.52. The third-order valence-corrected chi connectivity index (χ3v) is 3.47. The average molecular weight is 277 g/mol. The molecule has 3 N–H and O–H groups in total. The number of H-pyrrole nitrogens is 1. The number of aromatic nitrogens is 4. The largest absolute Gasteiger partial charge is 0.381 e. The predicted molar refractivity (Wildman–Crippen MR) is 71.5 cm³/mol. The second-order valence-electron chi connectivity index (χ2n) is 4.90. The SMILES string of the molecule is Cc1nc(-c2nc(N)ncc2F)c(C2CCOCC2)[nH]1. The van der Waals surface area contributed by atoms with E-state index in [2.05, 4.69) is 19.9 Å². The van der Waals surface area contributed by atoms with Crippen LogP contribution in [0.25, 0.3) is 11.4 Å².